The third kappa shape index (κ3) is 2.78. The van der Waals surface area contributed by atoms with E-state index in [0.29, 0.717) is 0 Å². The summed E-state index contributed by atoms with van der Waals surface area (Å²) in [6.07, 6.45) is 1.60. The van der Waals surface area contributed by atoms with E-state index < -0.39 is 53.2 Å². The average molecular weight is 457 g/mol. The number of imide groups is 1. The summed E-state index contributed by atoms with van der Waals surface area (Å²) < 4.78 is 28.1. The number of para-hydroxylation sites is 1. The Labute approximate surface area is 193 Å². The fraction of sp³-hybridized carbons (Fsp3) is 0.154. The topological polar surface area (TPSA) is 70.0 Å². The number of nitrogens with zero attached hydrogens (tertiary/aromatic N) is 3. The summed E-state index contributed by atoms with van der Waals surface area (Å²) in [4.78, 5) is 41.8. The lowest BCUT2D eigenvalue weighted by atomic mass is 9.83. The number of carbonyl (C=O) groups is 3. The van der Waals surface area contributed by atoms with Crippen molar-refractivity contribution in [2.45, 2.75) is 12.1 Å². The molecule has 0 bridgehead atoms. The lowest BCUT2D eigenvalue weighted by molar-refractivity contribution is -0.124. The number of rotatable bonds is 3. The molecule has 6 rings (SSSR count). The predicted octanol–water partition coefficient (Wildman–Crippen LogP) is 3.73. The van der Waals surface area contributed by atoms with Crippen LogP contribution in [0.1, 0.15) is 27.5 Å². The van der Waals surface area contributed by atoms with E-state index in [2.05, 4.69) is 5.10 Å². The molecule has 0 radical (unpaired) electrons. The van der Waals surface area contributed by atoms with Gasteiger partial charge in [0.15, 0.2) is 5.78 Å². The summed E-state index contributed by atoms with van der Waals surface area (Å²) in [5.74, 6) is -4.88. The van der Waals surface area contributed by atoms with E-state index in [4.69, 9.17) is 0 Å². The number of benzene rings is 3. The maximum absolute atomic E-state index is 14.6. The van der Waals surface area contributed by atoms with Crippen LogP contribution < -0.4 is 4.90 Å². The Morgan fingerprint density at radius 3 is 2.26 bits per heavy atom. The number of hydrogen-bond acceptors (Lipinski definition) is 5. The van der Waals surface area contributed by atoms with E-state index in [1.165, 1.54) is 47.5 Å². The number of anilines is 1. The molecule has 0 N–H and O–H groups in total. The smallest absolute Gasteiger partial charge is 0.240 e. The summed E-state index contributed by atoms with van der Waals surface area (Å²) in [7, 11) is 0. The van der Waals surface area contributed by atoms with Crippen LogP contribution >= 0.6 is 0 Å². The van der Waals surface area contributed by atoms with Gasteiger partial charge in [-0.15, -0.1) is 0 Å². The first-order valence-electron chi connectivity index (χ1n) is 10.8. The highest BCUT2D eigenvalue weighted by Crippen LogP contribution is 2.53. The first kappa shape index (κ1) is 20.4. The highest BCUT2D eigenvalue weighted by Gasteiger charge is 2.65. The highest BCUT2D eigenvalue weighted by molar-refractivity contribution is 6.24. The first-order chi connectivity index (χ1) is 16.5. The molecule has 3 aromatic rings. The second-order valence-corrected chi connectivity index (χ2v) is 8.53. The third-order valence-electron chi connectivity index (χ3n) is 6.78. The summed E-state index contributed by atoms with van der Waals surface area (Å²) >= 11 is 0. The van der Waals surface area contributed by atoms with Crippen molar-refractivity contribution in [2.75, 3.05) is 4.90 Å². The molecule has 8 heteroatoms. The van der Waals surface area contributed by atoms with E-state index in [-0.39, 0.29) is 11.3 Å². The summed E-state index contributed by atoms with van der Waals surface area (Å²) in [6.45, 7) is 0. The Bertz CT molecular complexity index is 1390. The Morgan fingerprint density at radius 1 is 0.824 bits per heavy atom. The van der Waals surface area contributed by atoms with Gasteiger partial charge in [0.05, 0.1) is 29.8 Å². The van der Waals surface area contributed by atoms with Gasteiger partial charge in [0.2, 0.25) is 11.8 Å². The average Bonchev–Trinajstić information content (AvgIpc) is 3.32. The molecular weight excluding hydrogens is 440 g/mol. The number of amides is 2. The Morgan fingerprint density at radius 2 is 1.50 bits per heavy atom. The first-order valence-corrected chi connectivity index (χ1v) is 10.8. The lowest BCUT2D eigenvalue weighted by Gasteiger charge is -2.33. The van der Waals surface area contributed by atoms with E-state index in [0.717, 1.165) is 16.0 Å². The van der Waals surface area contributed by atoms with Crippen molar-refractivity contribution in [3.8, 4) is 0 Å². The van der Waals surface area contributed by atoms with Crippen molar-refractivity contribution in [2.24, 2.45) is 16.9 Å². The van der Waals surface area contributed by atoms with Crippen LogP contribution in [-0.2, 0) is 9.59 Å². The molecule has 2 amide bonds. The van der Waals surface area contributed by atoms with E-state index in [1.807, 2.05) is 24.3 Å². The predicted molar refractivity (Wildman–Crippen MR) is 119 cm³/mol. The molecule has 0 aromatic heterocycles. The Kier molecular flexibility index (Phi) is 4.45. The van der Waals surface area contributed by atoms with Gasteiger partial charge in [-0.05, 0) is 47.5 Å². The molecule has 0 aliphatic carbocycles. The van der Waals surface area contributed by atoms with Crippen molar-refractivity contribution >= 4 is 29.5 Å². The summed E-state index contributed by atoms with van der Waals surface area (Å²) in [6, 6.07) is 16.1. The standard InChI is InChI=1S/C26H17F2N3O3/c27-16-11-9-14(10-12-16)24(32)23-21-20(22-17-6-2-1-5-15(17)13-29-31(22)23)25(33)30(26(21)34)19-8-4-3-7-18(19)28/h1-13,20-23H/t20-,21+,22+,23-/m0/s1. The molecule has 0 spiro atoms. The molecule has 6 nitrogen and oxygen atoms in total. The van der Waals surface area contributed by atoms with Gasteiger partial charge in [-0.25, -0.2) is 13.7 Å². The van der Waals surface area contributed by atoms with Crippen molar-refractivity contribution in [1.82, 2.24) is 5.01 Å². The van der Waals surface area contributed by atoms with Gasteiger partial charge in [0.1, 0.15) is 17.7 Å². The SMILES string of the molecule is O=C(c1ccc(F)cc1)[C@@H]1[C@@H]2C(=O)N(c3ccccc3F)C(=O)[C@@H]2[C@H]2c3ccccc3C=NN12. The lowest BCUT2D eigenvalue weighted by Crippen LogP contribution is -2.44. The maximum Gasteiger partial charge on any atom is 0.240 e. The highest BCUT2D eigenvalue weighted by atomic mass is 19.1. The molecule has 34 heavy (non-hydrogen) atoms. The van der Waals surface area contributed by atoms with Crippen LogP contribution in [0.3, 0.4) is 0 Å². The molecule has 3 aromatic carbocycles. The fourth-order valence-corrected chi connectivity index (χ4v) is 5.32. The number of fused-ring (bicyclic) bond motifs is 5. The van der Waals surface area contributed by atoms with Gasteiger partial charge < -0.3 is 0 Å². The number of Topliss-reactive ketones (excluding diaryl/α,β-unsaturated/α-hetero) is 1. The zero-order chi connectivity index (χ0) is 23.6. The maximum atomic E-state index is 14.6. The molecule has 3 aliphatic heterocycles. The van der Waals surface area contributed by atoms with Crippen LogP contribution in [0.4, 0.5) is 14.5 Å². The van der Waals surface area contributed by atoms with E-state index in [9.17, 15) is 23.2 Å². The van der Waals surface area contributed by atoms with Crippen LogP contribution in [0.15, 0.2) is 77.9 Å². The molecule has 2 fully saturated rings. The molecule has 2 saturated heterocycles. The molecular formula is C26H17F2N3O3. The van der Waals surface area contributed by atoms with Gasteiger partial charge in [-0.1, -0.05) is 36.4 Å². The molecule has 3 heterocycles. The molecule has 4 atom stereocenters. The number of hydrazone groups is 1. The van der Waals surface area contributed by atoms with E-state index >= 15 is 0 Å². The van der Waals surface area contributed by atoms with Gasteiger partial charge in [0.25, 0.3) is 0 Å². The van der Waals surface area contributed by atoms with Crippen LogP contribution in [0, 0.1) is 23.5 Å². The van der Waals surface area contributed by atoms with Crippen molar-refractivity contribution in [1.29, 1.82) is 0 Å². The second kappa shape index (κ2) is 7.41. The molecule has 0 unspecified atom stereocenters. The minimum atomic E-state index is -1.10. The minimum absolute atomic E-state index is 0.140. The van der Waals surface area contributed by atoms with E-state index in [1.54, 1.807) is 12.3 Å². The second-order valence-electron chi connectivity index (χ2n) is 8.53. The quantitative estimate of drug-likeness (QED) is 0.444. The molecule has 0 saturated carbocycles. The number of hydrogen-bond donors (Lipinski definition) is 0. The van der Waals surface area contributed by atoms with Gasteiger partial charge in [0, 0.05) is 5.56 Å². The molecule has 168 valence electrons. The minimum Gasteiger partial charge on any atom is -0.292 e. The summed E-state index contributed by atoms with van der Waals surface area (Å²) in [5, 5.41) is 5.97. The van der Waals surface area contributed by atoms with Crippen LogP contribution in [-0.4, -0.2) is 34.9 Å². The zero-order valence-electron chi connectivity index (χ0n) is 17.6. The molecule has 3 aliphatic rings. The van der Waals surface area contributed by atoms with Crippen molar-refractivity contribution < 1.29 is 23.2 Å². The summed E-state index contributed by atoms with van der Waals surface area (Å²) in [5.41, 5.74) is 1.60. The number of carbonyl (C=O) groups excluding carboxylic acids is 3. The third-order valence-corrected chi connectivity index (χ3v) is 6.78. The normalized spacial score (nSPS) is 24.8. The van der Waals surface area contributed by atoms with Gasteiger partial charge >= 0.3 is 0 Å². The monoisotopic (exact) mass is 457 g/mol. The zero-order valence-corrected chi connectivity index (χ0v) is 17.6. The fourth-order valence-electron chi connectivity index (χ4n) is 5.32. The Balaban J connectivity index is 1.51. The number of ketones is 1. The van der Waals surface area contributed by atoms with Crippen LogP contribution in [0.25, 0.3) is 0 Å². The van der Waals surface area contributed by atoms with Crippen LogP contribution in [0.2, 0.25) is 0 Å². The van der Waals surface area contributed by atoms with Crippen LogP contribution in [0.5, 0.6) is 0 Å². The van der Waals surface area contributed by atoms with Gasteiger partial charge in [-0.3, -0.25) is 19.4 Å². The van der Waals surface area contributed by atoms with Gasteiger partial charge in [-0.2, -0.15) is 5.10 Å². The largest absolute Gasteiger partial charge is 0.292 e. The van der Waals surface area contributed by atoms with Crippen molar-refractivity contribution in [3.05, 3.63) is 101 Å². The Hall–Kier alpha value is -4.20. The van der Waals surface area contributed by atoms with Crippen molar-refractivity contribution in [3.63, 3.8) is 0 Å². The number of halogens is 2.